The minimum Gasteiger partial charge on any atom is -0.383 e. The SMILES string of the molecule is CN(C)C(=O)[C@H](O)CCNC(=O)c1cccc(Nc2ccc(C(O)(C(F)(F)F)C(F)(F)F)cc2)c1. The molecule has 2 aromatic carbocycles. The molecule has 0 aliphatic heterocycles. The van der Waals surface area contributed by atoms with Crippen LogP contribution in [0.5, 0.6) is 0 Å². The van der Waals surface area contributed by atoms with Gasteiger partial charge in [0.15, 0.2) is 0 Å². The van der Waals surface area contributed by atoms with Crippen molar-refractivity contribution in [3.63, 3.8) is 0 Å². The van der Waals surface area contributed by atoms with Crippen molar-refractivity contribution in [2.75, 3.05) is 26.0 Å². The minimum atomic E-state index is -5.99. The van der Waals surface area contributed by atoms with E-state index in [-0.39, 0.29) is 24.2 Å². The molecular weight excluding hydrogens is 484 g/mol. The number of benzene rings is 2. The van der Waals surface area contributed by atoms with Gasteiger partial charge in [-0.25, -0.2) is 0 Å². The van der Waals surface area contributed by atoms with Crippen LogP contribution in [0.2, 0.25) is 0 Å². The lowest BCUT2D eigenvalue weighted by Crippen LogP contribution is -2.53. The fourth-order valence-electron chi connectivity index (χ4n) is 3.03. The van der Waals surface area contributed by atoms with Crippen LogP contribution in [0.4, 0.5) is 37.7 Å². The third-order valence-corrected chi connectivity index (χ3v) is 4.97. The summed E-state index contributed by atoms with van der Waals surface area (Å²) < 4.78 is 78.0. The molecule has 0 aliphatic rings. The predicted molar refractivity (Wildman–Crippen MR) is 114 cm³/mol. The summed E-state index contributed by atoms with van der Waals surface area (Å²) in [5, 5.41) is 24.5. The molecule has 2 rings (SSSR count). The van der Waals surface area contributed by atoms with Crippen LogP contribution in [0.15, 0.2) is 48.5 Å². The molecule has 2 amide bonds. The summed E-state index contributed by atoms with van der Waals surface area (Å²) in [6.07, 6.45) is -13.3. The van der Waals surface area contributed by atoms with E-state index in [1.54, 1.807) is 0 Å². The van der Waals surface area contributed by atoms with Gasteiger partial charge in [0.25, 0.3) is 17.4 Å². The molecule has 0 heterocycles. The molecule has 0 saturated carbocycles. The van der Waals surface area contributed by atoms with E-state index in [1.807, 2.05) is 0 Å². The van der Waals surface area contributed by atoms with E-state index in [1.165, 1.54) is 43.3 Å². The van der Waals surface area contributed by atoms with Crippen molar-refractivity contribution >= 4 is 23.2 Å². The molecular formula is C22H23F6N3O4. The number of aliphatic hydroxyl groups excluding tert-OH is 1. The lowest BCUT2D eigenvalue weighted by Gasteiger charge is -2.32. The van der Waals surface area contributed by atoms with E-state index in [0.717, 1.165) is 12.1 Å². The van der Waals surface area contributed by atoms with Gasteiger partial charge in [-0.05, 0) is 36.8 Å². The molecule has 0 saturated heterocycles. The van der Waals surface area contributed by atoms with Gasteiger partial charge < -0.3 is 25.7 Å². The van der Waals surface area contributed by atoms with Gasteiger partial charge in [-0.1, -0.05) is 18.2 Å². The Hall–Kier alpha value is -3.32. The van der Waals surface area contributed by atoms with Crippen molar-refractivity contribution in [2.45, 2.75) is 30.5 Å². The van der Waals surface area contributed by atoms with E-state index < -0.39 is 41.4 Å². The largest absolute Gasteiger partial charge is 0.430 e. The number of rotatable bonds is 8. The van der Waals surface area contributed by atoms with E-state index in [2.05, 4.69) is 10.6 Å². The topological polar surface area (TPSA) is 102 Å². The summed E-state index contributed by atoms with van der Waals surface area (Å²) in [6, 6.07) is 8.68. The second-order valence-corrected chi connectivity index (χ2v) is 7.78. The molecule has 0 radical (unpaired) electrons. The highest BCUT2D eigenvalue weighted by molar-refractivity contribution is 5.95. The number of anilines is 2. The Labute approximate surface area is 196 Å². The van der Waals surface area contributed by atoms with Gasteiger partial charge in [0.05, 0.1) is 0 Å². The van der Waals surface area contributed by atoms with Crippen molar-refractivity contribution in [3.8, 4) is 0 Å². The van der Waals surface area contributed by atoms with Crippen LogP contribution >= 0.6 is 0 Å². The van der Waals surface area contributed by atoms with E-state index >= 15 is 0 Å². The summed E-state index contributed by atoms with van der Waals surface area (Å²) in [6.45, 7) is 0.0000187. The Morgan fingerprint density at radius 1 is 0.943 bits per heavy atom. The molecule has 7 nitrogen and oxygen atoms in total. The molecule has 0 aromatic heterocycles. The zero-order chi connectivity index (χ0) is 26.6. The maximum absolute atomic E-state index is 13.0. The second kappa shape index (κ2) is 10.5. The number of alkyl halides is 6. The number of amides is 2. The first-order valence-electron chi connectivity index (χ1n) is 10.1. The van der Waals surface area contributed by atoms with Gasteiger partial charge in [0.1, 0.15) is 6.10 Å². The molecule has 0 spiro atoms. The van der Waals surface area contributed by atoms with Crippen LogP contribution in [0.25, 0.3) is 0 Å². The summed E-state index contributed by atoms with van der Waals surface area (Å²) in [4.78, 5) is 25.1. The van der Waals surface area contributed by atoms with Crippen LogP contribution < -0.4 is 10.6 Å². The van der Waals surface area contributed by atoms with Gasteiger partial charge >= 0.3 is 12.4 Å². The highest BCUT2D eigenvalue weighted by Crippen LogP contribution is 2.50. The third-order valence-electron chi connectivity index (χ3n) is 4.97. The maximum Gasteiger partial charge on any atom is 0.430 e. The van der Waals surface area contributed by atoms with E-state index in [9.17, 15) is 46.1 Å². The molecule has 0 aliphatic carbocycles. The lowest BCUT2D eigenvalue weighted by atomic mass is 9.92. The summed E-state index contributed by atoms with van der Waals surface area (Å²) in [5.41, 5.74) is -5.85. The fourth-order valence-corrected chi connectivity index (χ4v) is 3.03. The van der Waals surface area contributed by atoms with E-state index in [0.29, 0.717) is 17.8 Å². The van der Waals surface area contributed by atoms with Crippen LogP contribution in [0.1, 0.15) is 22.3 Å². The Morgan fingerprint density at radius 2 is 1.51 bits per heavy atom. The molecule has 4 N–H and O–H groups in total. The van der Waals surface area contributed by atoms with Crippen molar-refractivity contribution in [1.29, 1.82) is 0 Å². The van der Waals surface area contributed by atoms with E-state index in [4.69, 9.17) is 0 Å². The van der Waals surface area contributed by atoms with Gasteiger partial charge in [-0.3, -0.25) is 9.59 Å². The van der Waals surface area contributed by atoms with Gasteiger partial charge in [0.2, 0.25) is 0 Å². The normalized spacial score (nSPS) is 13.2. The predicted octanol–water partition coefficient (Wildman–Crippen LogP) is 3.31. The Kier molecular flexibility index (Phi) is 8.39. The monoisotopic (exact) mass is 507 g/mol. The number of hydrogen-bond donors (Lipinski definition) is 4. The van der Waals surface area contributed by atoms with Crippen LogP contribution in [-0.2, 0) is 10.4 Å². The first-order chi connectivity index (χ1) is 16.1. The average molecular weight is 507 g/mol. The molecule has 2 aromatic rings. The number of halogens is 6. The molecule has 35 heavy (non-hydrogen) atoms. The molecule has 192 valence electrons. The van der Waals surface area contributed by atoms with Crippen LogP contribution in [0.3, 0.4) is 0 Å². The van der Waals surface area contributed by atoms with Crippen molar-refractivity contribution in [3.05, 3.63) is 59.7 Å². The standard InChI is InChI=1S/C22H23F6N3O4/c1-31(2)19(34)17(32)10-11-29-18(33)13-4-3-5-16(12-13)30-15-8-6-14(7-9-15)20(35,21(23,24)25)22(26,27)28/h3-9,12,17,30,32,35H,10-11H2,1-2H3,(H,29,33)/t17-/m1/s1. The maximum atomic E-state index is 13.0. The smallest absolute Gasteiger partial charge is 0.383 e. The summed E-state index contributed by atoms with van der Waals surface area (Å²) >= 11 is 0. The molecule has 0 unspecified atom stereocenters. The fraction of sp³-hybridized carbons (Fsp3) is 0.364. The molecule has 13 heteroatoms. The highest BCUT2D eigenvalue weighted by atomic mass is 19.4. The Bertz CT molecular complexity index is 1020. The number of nitrogens with zero attached hydrogens (tertiary/aromatic N) is 1. The van der Waals surface area contributed by atoms with Crippen molar-refractivity contribution in [2.24, 2.45) is 0 Å². The summed E-state index contributed by atoms with van der Waals surface area (Å²) in [5.74, 6) is -1.05. The third kappa shape index (κ3) is 6.42. The lowest BCUT2D eigenvalue weighted by molar-refractivity contribution is -0.376. The van der Waals surface area contributed by atoms with Crippen molar-refractivity contribution < 1.29 is 46.1 Å². The number of likely N-dealkylation sites (N-methyl/N-ethyl adjacent to an activating group) is 1. The molecule has 0 bridgehead atoms. The van der Waals surface area contributed by atoms with Crippen LogP contribution in [0, 0.1) is 0 Å². The zero-order valence-electron chi connectivity index (χ0n) is 18.5. The first-order valence-corrected chi connectivity index (χ1v) is 10.1. The zero-order valence-corrected chi connectivity index (χ0v) is 18.5. The number of carbonyl (C=O) groups excluding carboxylic acids is 2. The number of aliphatic hydroxyl groups is 2. The van der Waals surface area contributed by atoms with Gasteiger partial charge in [-0.2, -0.15) is 26.3 Å². The van der Waals surface area contributed by atoms with Gasteiger partial charge in [0, 0.05) is 43.1 Å². The Morgan fingerprint density at radius 3 is 2.03 bits per heavy atom. The minimum absolute atomic E-state index is 0.0000187. The molecule has 1 atom stereocenters. The number of hydrogen-bond acceptors (Lipinski definition) is 5. The first kappa shape index (κ1) is 27.9. The highest BCUT2D eigenvalue weighted by Gasteiger charge is 2.71. The van der Waals surface area contributed by atoms with Gasteiger partial charge in [-0.15, -0.1) is 0 Å². The summed E-state index contributed by atoms with van der Waals surface area (Å²) in [7, 11) is 2.95. The number of nitrogens with one attached hydrogen (secondary N) is 2. The van der Waals surface area contributed by atoms with Crippen LogP contribution in [-0.4, -0.2) is 66.0 Å². The Balaban J connectivity index is 2.09. The van der Waals surface area contributed by atoms with Crippen molar-refractivity contribution in [1.82, 2.24) is 10.2 Å². The second-order valence-electron chi connectivity index (χ2n) is 7.78. The quantitative estimate of drug-likeness (QED) is 0.411. The number of carbonyl (C=O) groups is 2. The average Bonchev–Trinajstić information content (AvgIpc) is 2.77. The molecule has 0 fully saturated rings.